The number of hydrogen-bond acceptors (Lipinski definition) is 6. The smallest absolute Gasteiger partial charge is 0.00597 e. The second-order valence-electron chi connectivity index (χ2n) is 5.55. The van der Waals surface area contributed by atoms with E-state index in [9.17, 15) is 0 Å². The van der Waals surface area contributed by atoms with Gasteiger partial charge >= 0.3 is 0 Å². The van der Waals surface area contributed by atoms with Crippen molar-refractivity contribution in [1.82, 2.24) is 0 Å². The zero-order valence-electron chi connectivity index (χ0n) is 15.5. The van der Waals surface area contributed by atoms with E-state index in [0.29, 0.717) is 0 Å². The zero-order chi connectivity index (χ0) is 17.6. The minimum Gasteiger partial charge on any atom is -0.179 e. The van der Waals surface area contributed by atoms with Crippen molar-refractivity contribution in [2.24, 2.45) is 0 Å². The lowest BCUT2D eigenvalue weighted by Crippen LogP contribution is -1.92. The second-order valence-corrected chi connectivity index (χ2v) is 12.1. The summed E-state index contributed by atoms with van der Waals surface area (Å²) in [6, 6.07) is 0. The van der Waals surface area contributed by atoms with Gasteiger partial charge in [0.25, 0.3) is 0 Å². The fourth-order valence-electron chi connectivity index (χ4n) is 1.87. The molecule has 0 N–H and O–H groups in total. The Labute approximate surface area is 179 Å². The molecule has 24 heavy (non-hydrogen) atoms. The highest BCUT2D eigenvalue weighted by atomic mass is 32.2. The molecule has 0 aromatic carbocycles. The van der Waals surface area contributed by atoms with Crippen LogP contribution >= 0.6 is 71.4 Å². The molecule has 0 aliphatic carbocycles. The third kappa shape index (κ3) is 24.1. The molecule has 0 fully saturated rings. The summed E-state index contributed by atoms with van der Waals surface area (Å²) in [5, 5.41) is 0. The van der Waals surface area contributed by atoms with Crippen LogP contribution in [0.3, 0.4) is 0 Å². The van der Waals surface area contributed by atoms with Crippen molar-refractivity contribution < 1.29 is 0 Å². The molecule has 0 nitrogen and oxygen atoms in total. The van der Waals surface area contributed by atoms with Crippen LogP contribution < -0.4 is 0 Å². The van der Waals surface area contributed by atoms with Crippen LogP contribution in [-0.4, -0.2) is 63.3 Å². The molecule has 0 bridgehead atoms. The molecule has 0 radical (unpaired) electrons. The summed E-state index contributed by atoms with van der Waals surface area (Å²) >= 11 is 14.9. The van der Waals surface area contributed by atoms with E-state index < -0.39 is 0 Å². The molecule has 0 rings (SSSR count). The summed E-state index contributed by atoms with van der Waals surface area (Å²) in [6.07, 6.45) is 8.15. The molecule has 0 aromatic rings. The van der Waals surface area contributed by atoms with E-state index in [0.717, 1.165) is 5.75 Å². The molecular weight excluding hydrogens is 409 g/mol. The minimum absolute atomic E-state index is 1.04. The van der Waals surface area contributed by atoms with Crippen LogP contribution in [-0.2, 0) is 0 Å². The Morgan fingerprint density at radius 2 is 0.750 bits per heavy atom. The zero-order valence-corrected chi connectivity index (χ0v) is 20.5. The number of thiol groups is 1. The number of hydrogen-bond donors (Lipinski definition) is 1. The van der Waals surface area contributed by atoms with Crippen LogP contribution in [0.5, 0.6) is 0 Å². The summed E-state index contributed by atoms with van der Waals surface area (Å²) < 4.78 is 0. The topological polar surface area (TPSA) is 0 Å². The largest absolute Gasteiger partial charge is 0.179 e. The average Bonchev–Trinajstić information content (AvgIpc) is 2.60. The van der Waals surface area contributed by atoms with Gasteiger partial charge in [-0.15, -0.1) is 0 Å². The van der Waals surface area contributed by atoms with Gasteiger partial charge in [0.15, 0.2) is 0 Å². The first-order chi connectivity index (χ1) is 11.9. The standard InChI is InChI=1S/C18H38S6/c1-2-9-20-11-4-13-22-15-6-17-24-18-7-16-23-14-5-12-21-10-3-8-19/h19H,2-18H2,1H3. The molecule has 0 aromatic heterocycles. The van der Waals surface area contributed by atoms with Crippen molar-refractivity contribution in [3.8, 4) is 0 Å². The van der Waals surface area contributed by atoms with Gasteiger partial charge in [-0.25, -0.2) is 0 Å². The number of rotatable bonds is 21. The van der Waals surface area contributed by atoms with Crippen LogP contribution in [0.2, 0.25) is 0 Å². The van der Waals surface area contributed by atoms with Crippen molar-refractivity contribution in [1.29, 1.82) is 0 Å². The van der Waals surface area contributed by atoms with Crippen LogP contribution in [0.1, 0.15) is 45.4 Å². The van der Waals surface area contributed by atoms with Crippen LogP contribution in [0, 0.1) is 0 Å². The summed E-state index contributed by atoms with van der Waals surface area (Å²) in [5.41, 5.74) is 0. The predicted molar refractivity (Wildman–Crippen MR) is 134 cm³/mol. The Morgan fingerprint density at radius 3 is 1.04 bits per heavy atom. The van der Waals surface area contributed by atoms with E-state index in [4.69, 9.17) is 0 Å². The summed E-state index contributed by atoms with van der Waals surface area (Å²) in [5.74, 6) is 14.5. The quantitative estimate of drug-likeness (QED) is 0.149. The summed E-state index contributed by atoms with van der Waals surface area (Å²) in [7, 11) is 0. The summed E-state index contributed by atoms with van der Waals surface area (Å²) in [4.78, 5) is 0. The number of thioether (sulfide) groups is 5. The van der Waals surface area contributed by atoms with Crippen LogP contribution in [0.25, 0.3) is 0 Å². The van der Waals surface area contributed by atoms with Gasteiger partial charge in [0, 0.05) is 0 Å². The Bertz CT molecular complexity index is 194. The van der Waals surface area contributed by atoms with Gasteiger partial charge < -0.3 is 0 Å². The highest BCUT2D eigenvalue weighted by Gasteiger charge is 1.95. The fraction of sp³-hybridized carbons (Fsp3) is 1.00. The molecule has 6 heteroatoms. The third-order valence-electron chi connectivity index (χ3n) is 3.10. The molecule has 0 saturated carbocycles. The Balaban J connectivity index is 2.93. The molecule has 0 spiro atoms. The van der Waals surface area contributed by atoms with E-state index in [1.165, 1.54) is 96.1 Å². The SMILES string of the molecule is CCCSCCCSCCCSCCCSCCCSCCCS. The first kappa shape index (κ1) is 26.1. The van der Waals surface area contributed by atoms with Crippen molar-refractivity contribution >= 4 is 71.4 Å². The molecule has 146 valence electrons. The lowest BCUT2D eigenvalue weighted by molar-refractivity contribution is 1.07. The Hall–Kier alpha value is 2.10. The minimum atomic E-state index is 1.04. The van der Waals surface area contributed by atoms with Gasteiger partial charge in [0.05, 0.1) is 0 Å². The van der Waals surface area contributed by atoms with Crippen LogP contribution in [0.15, 0.2) is 0 Å². The van der Waals surface area contributed by atoms with E-state index in [-0.39, 0.29) is 0 Å². The maximum Gasteiger partial charge on any atom is -0.00597 e. The fourth-order valence-corrected chi connectivity index (χ4v) is 7.42. The van der Waals surface area contributed by atoms with E-state index >= 15 is 0 Å². The average molecular weight is 447 g/mol. The van der Waals surface area contributed by atoms with E-state index in [1.807, 2.05) is 0 Å². The maximum atomic E-state index is 4.24. The van der Waals surface area contributed by atoms with Gasteiger partial charge in [0.1, 0.15) is 0 Å². The molecule has 0 atom stereocenters. The lowest BCUT2D eigenvalue weighted by Gasteiger charge is -2.04. The first-order valence-corrected chi connectivity index (χ1v) is 15.8. The van der Waals surface area contributed by atoms with Gasteiger partial charge in [-0.1, -0.05) is 6.92 Å². The van der Waals surface area contributed by atoms with E-state index in [1.54, 1.807) is 0 Å². The molecule has 0 heterocycles. The Kier molecular flexibility index (Phi) is 27.3. The Morgan fingerprint density at radius 1 is 0.458 bits per heavy atom. The normalized spacial score (nSPS) is 11.2. The van der Waals surface area contributed by atoms with Gasteiger partial charge in [0.2, 0.25) is 0 Å². The van der Waals surface area contributed by atoms with Crippen molar-refractivity contribution in [3.05, 3.63) is 0 Å². The molecule has 0 unspecified atom stereocenters. The third-order valence-corrected chi connectivity index (χ3v) is 9.31. The second kappa shape index (κ2) is 25.1. The van der Waals surface area contributed by atoms with E-state index in [2.05, 4.69) is 78.4 Å². The van der Waals surface area contributed by atoms with Crippen LogP contribution in [0.4, 0.5) is 0 Å². The summed E-state index contributed by atoms with van der Waals surface area (Å²) in [6.45, 7) is 2.27. The van der Waals surface area contributed by atoms with Crippen molar-refractivity contribution in [2.45, 2.75) is 45.4 Å². The highest BCUT2D eigenvalue weighted by Crippen LogP contribution is 2.14. The molecule has 0 aliphatic heterocycles. The maximum absolute atomic E-state index is 4.24. The molecular formula is C18H38S6. The molecule has 0 aliphatic rings. The van der Waals surface area contributed by atoms with Gasteiger partial charge in [-0.05, 0) is 102 Å². The van der Waals surface area contributed by atoms with Gasteiger partial charge in [-0.2, -0.15) is 71.4 Å². The predicted octanol–water partition coefficient (Wildman–Crippen LogP) is 6.94. The lowest BCUT2D eigenvalue weighted by atomic mass is 10.6. The first-order valence-electron chi connectivity index (χ1n) is 9.41. The monoisotopic (exact) mass is 446 g/mol. The van der Waals surface area contributed by atoms with Crippen molar-refractivity contribution in [2.75, 3.05) is 63.3 Å². The molecule has 0 saturated heterocycles. The van der Waals surface area contributed by atoms with Gasteiger partial charge in [-0.3, -0.25) is 0 Å². The highest BCUT2D eigenvalue weighted by molar-refractivity contribution is 8.01. The molecule has 0 amide bonds. The van der Waals surface area contributed by atoms with Crippen molar-refractivity contribution in [3.63, 3.8) is 0 Å².